The molecule has 0 aromatic heterocycles. The summed E-state index contributed by atoms with van der Waals surface area (Å²) in [7, 11) is 0. The predicted molar refractivity (Wildman–Crippen MR) is 62.8 cm³/mol. The number of aromatic carboxylic acids is 1. The zero-order valence-corrected chi connectivity index (χ0v) is 9.56. The fourth-order valence-corrected chi connectivity index (χ4v) is 1.49. The van der Waals surface area contributed by atoms with Crippen molar-refractivity contribution in [3.8, 4) is 5.75 Å². The Balaban J connectivity index is 2.82. The molecule has 4 heteroatoms. The van der Waals surface area contributed by atoms with Crippen molar-refractivity contribution in [2.75, 3.05) is 5.73 Å². The molecule has 1 rings (SSSR count). The summed E-state index contributed by atoms with van der Waals surface area (Å²) in [4.78, 5) is 10.8. The molecule has 0 fully saturated rings. The highest BCUT2D eigenvalue weighted by Crippen LogP contribution is 2.21. The molecule has 1 unspecified atom stereocenters. The summed E-state index contributed by atoms with van der Waals surface area (Å²) in [6.07, 6.45) is 2.05. The summed E-state index contributed by atoms with van der Waals surface area (Å²) in [5, 5.41) is 8.89. The molecule has 88 valence electrons. The van der Waals surface area contributed by atoms with E-state index in [-0.39, 0.29) is 17.4 Å². The van der Waals surface area contributed by atoms with Crippen molar-refractivity contribution < 1.29 is 14.6 Å². The van der Waals surface area contributed by atoms with E-state index in [1.165, 1.54) is 6.07 Å². The van der Waals surface area contributed by atoms with Gasteiger partial charge in [0, 0.05) is 5.69 Å². The molecule has 0 radical (unpaired) electrons. The maximum atomic E-state index is 10.8. The molecular formula is C12H17NO3. The molecule has 0 amide bonds. The van der Waals surface area contributed by atoms with Gasteiger partial charge in [0.15, 0.2) is 0 Å². The Kier molecular flexibility index (Phi) is 4.17. The van der Waals surface area contributed by atoms with Crippen LogP contribution in [-0.2, 0) is 0 Å². The van der Waals surface area contributed by atoms with Crippen molar-refractivity contribution >= 4 is 11.7 Å². The highest BCUT2D eigenvalue weighted by molar-refractivity contribution is 5.94. The van der Waals surface area contributed by atoms with Crippen LogP contribution >= 0.6 is 0 Å². The van der Waals surface area contributed by atoms with Gasteiger partial charge >= 0.3 is 5.97 Å². The maximum Gasteiger partial charge on any atom is 0.337 e. The van der Waals surface area contributed by atoms with E-state index in [0.29, 0.717) is 5.75 Å². The predicted octanol–water partition coefficient (Wildman–Crippen LogP) is 2.53. The third-order valence-corrected chi connectivity index (χ3v) is 2.29. The number of hydrogen-bond acceptors (Lipinski definition) is 3. The van der Waals surface area contributed by atoms with E-state index in [2.05, 4.69) is 6.92 Å². The number of benzene rings is 1. The molecule has 0 saturated carbocycles. The lowest BCUT2D eigenvalue weighted by molar-refractivity contribution is 0.0697. The Hall–Kier alpha value is -1.71. The summed E-state index contributed by atoms with van der Waals surface area (Å²) >= 11 is 0. The number of ether oxygens (including phenoxy) is 1. The van der Waals surface area contributed by atoms with Crippen molar-refractivity contribution in [1.82, 2.24) is 0 Å². The second-order valence-electron chi connectivity index (χ2n) is 3.77. The van der Waals surface area contributed by atoms with E-state index in [0.717, 1.165) is 12.8 Å². The van der Waals surface area contributed by atoms with Gasteiger partial charge in [-0.1, -0.05) is 13.3 Å². The van der Waals surface area contributed by atoms with Gasteiger partial charge in [0.25, 0.3) is 0 Å². The number of carboxylic acids is 1. The lowest BCUT2D eigenvalue weighted by Gasteiger charge is -2.14. The third kappa shape index (κ3) is 3.15. The molecule has 0 heterocycles. The molecule has 1 aromatic carbocycles. The van der Waals surface area contributed by atoms with Crippen molar-refractivity contribution in [3.63, 3.8) is 0 Å². The van der Waals surface area contributed by atoms with Crippen molar-refractivity contribution in [1.29, 1.82) is 0 Å². The Labute approximate surface area is 95.0 Å². The first kappa shape index (κ1) is 12.4. The van der Waals surface area contributed by atoms with Gasteiger partial charge in [-0.25, -0.2) is 4.79 Å². The zero-order chi connectivity index (χ0) is 12.1. The summed E-state index contributed by atoms with van der Waals surface area (Å²) in [6, 6.07) is 4.70. The largest absolute Gasteiger partial charge is 0.491 e. The maximum absolute atomic E-state index is 10.8. The Morgan fingerprint density at radius 2 is 2.25 bits per heavy atom. The number of rotatable bonds is 5. The number of nitrogens with two attached hydrogens (primary N) is 1. The normalized spacial score (nSPS) is 12.1. The molecule has 16 heavy (non-hydrogen) atoms. The minimum Gasteiger partial charge on any atom is -0.491 e. The van der Waals surface area contributed by atoms with E-state index in [1.807, 2.05) is 6.92 Å². The first-order valence-corrected chi connectivity index (χ1v) is 5.34. The number of hydrogen-bond donors (Lipinski definition) is 2. The molecular weight excluding hydrogens is 206 g/mol. The Morgan fingerprint density at radius 3 is 2.81 bits per heavy atom. The lowest BCUT2D eigenvalue weighted by atomic mass is 10.1. The topological polar surface area (TPSA) is 72.5 Å². The number of carboxylic acid groups (broad SMARTS) is 1. The van der Waals surface area contributed by atoms with Crippen LogP contribution in [0, 0.1) is 0 Å². The highest BCUT2D eigenvalue weighted by Gasteiger charge is 2.10. The van der Waals surface area contributed by atoms with Crippen LogP contribution in [0.4, 0.5) is 5.69 Å². The molecule has 1 atom stereocenters. The molecule has 0 aliphatic rings. The number of nitrogen functional groups attached to an aromatic ring is 1. The Bertz CT molecular complexity index is 377. The first-order valence-electron chi connectivity index (χ1n) is 5.34. The first-order chi connectivity index (χ1) is 7.54. The van der Waals surface area contributed by atoms with Crippen LogP contribution in [0.5, 0.6) is 5.75 Å². The van der Waals surface area contributed by atoms with Gasteiger partial charge < -0.3 is 15.6 Å². The van der Waals surface area contributed by atoms with Crippen LogP contribution in [0.2, 0.25) is 0 Å². The van der Waals surface area contributed by atoms with E-state index in [4.69, 9.17) is 15.6 Å². The molecule has 0 aliphatic heterocycles. The van der Waals surface area contributed by atoms with Gasteiger partial charge in [0.2, 0.25) is 0 Å². The van der Waals surface area contributed by atoms with Crippen LogP contribution in [0.15, 0.2) is 18.2 Å². The summed E-state index contributed by atoms with van der Waals surface area (Å²) in [5.41, 5.74) is 5.88. The van der Waals surface area contributed by atoms with E-state index in [9.17, 15) is 4.79 Å². The van der Waals surface area contributed by atoms with Crippen LogP contribution in [0.3, 0.4) is 0 Å². The summed E-state index contributed by atoms with van der Waals surface area (Å²) < 4.78 is 5.58. The number of anilines is 1. The zero-order valence-electron chi connectivity index (χ0n) is 9.56. The fraction of sp³-hybridized carbons (Fsp3) is 0.417. The van der Waals surface area contributed by atoms with Crippen molar-refractivity contribution in [2.45, 2.75) is 32.8 Å². The fourth-order valence-electron chi connectivity index (χ4n) is 1.49. The molecule has 4 nitrogen and oxygen atoms in total. The van der Waals surface area contributed by atoms with Gasteiger partial charge in [-0.15, -0.1) is 0 Å². The molecule has 3 N–H and O–H groups in total. The molecule has 0 spiro atoms. The minimum absolute atomic E-state index is 0.0790. The van der Waals surface area contributed by atoms with Gasteiger partial charge in [-0.3, -0.25) is 0 Å². The highest BCUT2D eigenvalue weighted by atomic mass is 16.5. The average molecular weight is 223 g/mol. The number of carbonyl (C=O) groups is 1. The quantitative estimate of drug-likeness (QED) is 0.752. The standard InChI is InChI=1S/C12H17NO3/c1-3-4-8(2)16-9-5-6-11(13)10(7-9)12(14)15/h5-8H,3-4,13H2,1-2H3,(H,14,15). The van der Waals surface area contributed by atoms with Gasteiger partial charge in [-0.2, -0.15) is 0 Å². The third-order valence-electron chi connectivity index (χ3n) is 2.29. The monoisotopic (exact) mass is 223 g/mol. The lowest BCUT2D eigenvalue weighted by Crippen LogP contribution is -2.12. The average Bonchev–Trinajstić information content (AvgIpc) is 2.21. The molecule has 0 aliphatic carbocycles. The molecule has 0 saturated heterocycles. The smallest absolute Gasteiger partial charge is 0.337 e. The second-order valence-corrected chi connectivity index (χ2v) is 3.77. The van der Waals surface area contributed by atoms with Crippen LogP contribution in [-0.4, -0.2) is 17.2 Å². The summed E-state index contributed by atoms with van der Waals surface area (Å²) in [6.45, 7) is 4.03. The Morgan fingerprint density at radius 1 is 1.56 bits per heavy atom. The van der Waals surface area contributed by atoms with Gasteiger partial charge in [0.05, 0.1) is 11.7 Å². The van der Waals surface area contributed by atoms with Gasteiger partial charge in [0.1, 0.15) is 5.75 Å². The SMILES string of the molecule is CCCC(C)Oc1ccc(N)c(C(=O)O)c1. The van der Waals surface area contributed by atoms with Crippen LogP contribution in [0.25, 0.3) is 0 Å². The van der Waals surface area contributed by atoms with Crippen molar-refractivity contribution in [2.24, 2.45) is 0 Å². The van der Waals surface area contributed by atoms with Crippen LogP contribution < -0.4 is 10.5 Å². The van der Waals surface area contributed by atoms with Crippen LogP contribution in [0.1, 0.15) is 37.0 Å². The van der Waals surface area contributed by atoms with Gasteiger partial charge in [-0.05, 0) is 31.5 Å². The second kappa shape index (κ2) is 5.39. The minimum atomic E-state index is -1.04. The summed E-state index contributed by atoms with van der Waals surface area (Å²) in [5.74, 6) is -0.487. The van der Waals surface area contributed by atoms with Crippen molar-refractivity contribution in [3.05, 3.63) is 23.8 Å². The van der Waals surface area contributed by atoms with E-state index < -0.39 is 5.97 Å². The molecule has 0 bridgehead atoms. The molecule has 1 aromatic rings. The van der Waals surface area contributed by atoms with E-state index in [1.54, 1.807) is 12.1 Å². The van der Waals surface area contributed by atoms with E-state index >= 15 is 0 Å².